The van der Waals surface area contributed by atoms with E-state index in [2.05, 4.69) is 24.1 Å². The lowest BCUT2D eigenvalue weighted by Crippen LogP contribution is -2.09. The largest absolute Gasteiger partial charge is 0.384 e. The van der Waals surface area contributed by atoms with Crippen LogP contribution in [-0.4, -0.2) is 11.5 Å². The molecule has 1 heterocycles. The van der Waals surface area contributed by atoms with Crippen molar-refractivity contribution in [1.29, 1.82) is 0 Å². The molecule has 2 rings (SSSR count). The number of pyridine rings is 1. The average molecular weight is 278 g/mol. The molecule has 0 bridgehead atoms. The fourth-order valence-electron chi connectivity index (χ4n) is 2.59. The lowest BCUT2D eigenvalue weighted by Gasteiger charge is -2.19. The molecule has 0 saturated heterocycles. The minimum Gasteiger partial charge on any atom is -0.384 e. The van der Waals surface area contributed by atoms with Crippen LogP contribution in [0, 0.1) is 18.6 Å². The van der Waals surface area contributed by atoms with Gasteiger partial charge in [-0.05, 0) is 24.8 Å². The zero-order chi connectivity index (χ0) is 14.9. The Kier molecular flexibility index (Phi) is 4.21. The third kappa shape index (κ3) is 2.60. The number of anilines is 1. The molecule has 20 heavy (non-hydrogen) atoms. The number of aromatic nitrogens is 1. The van der Waals surface area contributed by atoms with Gasteiger partial charge in [0.1, 0.15) is 11.6 Å². The molecule has 1 aromatic heterocycles. The van der Waals surface area contributed by atoms with Crippen LogP contribution in [0.5, 0.6) is 0 Å². The Hall–Kier alpha value is -1.71. The van der Waals surface area contributed by atoms with E-state index in [0.717, 1.165) is 36.0 Å². The van der Waals surface area contributed by atoms with Gasteiger partial charge >= 0.3 is 0 Å². The molecule has 0 aliphatic heterocycles. The summed E-state index contributed by atoms with van der Waals surface area (Å²) in [4.78, 5) is 4.37. The summed E-state index contributed by atoms with van der Waals surface area (Å²) < 4.78 is 27.6. The van der Waals surface area contributed by atoms with Gasteiger partial charge in [0.15, 0.2) is 0 Å². The first-order valence-electron chi connectivity index (χ1n) is 6.98. The van der Waals surface area contributed by atoms with E-state index in [9.17, 15) is 8.78 Å². The van der Waals surface area contributed by atoms with E-state index in [0.29, 0.717) is 10.9 Å². The number of nitrogens with zero attached hydrogens (tertiary/aromatic N) is 1. The van der Waals surface area contributed by atoms with Gasteiger partial charge in [-0.2, -0.15) is 0 Å². The molecule has 108 valence electrons. The topological polar surface area (TPSA) is 24.9 Å². The molecular formula is C16H20F2N2. The van der Waals surface area contributed by atoms with Gasteiger partial charge in [0, 0.05) is 24.4 Å². The molecule has 0 atom stereocenters. The van der Waals surface area contributed by atoms with Crippen LogP contribution < -0.4 is 5.32 Å². The van der Waals surface area contributed by atoms with Gasteiger partial charge in [-0.3, -0.25) is 4.98 Å². The summed E-state index contributed by atoms with van der Waals surface area (Å²) in [6.07, 6.45) is 0.934. The minimum absolute atomic E-state index is 0.218. The molecule has 0 amide bonds. The molecule has 0 aliphatic rings. The Labute approximate surface area is 118 Å². The minimum atomic E-state index is -0.597. The Morgan fingerprint density at radius 2 is 1.95 bits per heavy atom. The first-order valence-corrected chi connectivity index (χ1v) is 6.98. The van der Waals surface area contributed by atoms with Crippen LogP contribution in [0.1, 0.15) is 44.4 Å². The SMILES string of the molecule is CCCNc1c(C(C)C)c(C)nc2cc(F)cc(F)c12. The van der Waals surface area contributed by atoms with E-state index in [1.54, 1.807) is 0 Å². The summed E-state index contributed by atoms with van der Waals surface area (Å²) >= 11 is 0. The fourth-order valence-corrected chi connectivity index (χ4v) is 2.59. The lowest BCUT2D eigenvalue weighted by molar-refractivity contribution is 0.591. The maximum Gasteiger partial charge on any atom is 0.137 e. The van der Waals surface area contributed by atoms with Gasteiger partial charge < -0.3 is 5.32 Å². The van der Waals surface area contributed by atoms with E-state index >= 15 is 0 Å². The lowest BCUT2D eigenvalue weighted by atomic mass is 9.96. The van der Waals surface area contributed by atoms with Crippen LogP contribution in [0.2, 0.25) is 0 Å². The molecule has 4 heteroatoms. The van der Waals surface area contributed by atoms with Crippen LogP contribution in [-0.2, 0) is 0 Å². The number of fused-ring (bicyclic) bond motifs is 1. The molecule has 0 aliphatic carbocycles. The van der Waals surface area contributed by atoms with Crippen LogP contribution in [0.15, 0.2) is 12.1 Å². The van der Waals surface area contributed by atoms with Crippen LogP contribution in [0.25, 0.3) is 10.9 Å². The summed E-state index contributed by atoms with van der Waals surface area (Å²) in [6.45, 7) is 8.78. The summed E-state index contributed by atoms with van der Waals surface area (Å²) in [5.74, 6) is -0.940. The number of rotatable bonds is 4. The second kappa shape index (κ2) is 5.73. The number of hydrogen-bond acceptors (Lipinski definition) is 2. The van der Waals surface area contributed by atoms with Crippen molar-refractivity contribution >= 4 is 16.6 Å². The van der Waals surface area contributed by atoms with Gasteiger partial charge in [0.2, 0.25) is 0 Å². The van der Waals surface area contributed by atoms with Gasteiger partial charge in [0.25, 0.3) is 0 Å². The maximum atomic E-state index is 14.2. The van der Waals surface area contributed by atoms with Crippen molar-refractivity contribution in [2.75, 3.05) is 11.9 Å². The number of halogens is 2. The van der Waals surface area contributed by atoms with E-state index in [-0.39, 0.29) is 5.92 Å². The van der Waals surface area contributed by atoms with Gasteiger partial charge in [-0.15, -0.1) is 0 Å². The molecule has 0 saturated carbocycles. The number of aryl methyl sites for hydroxylation is 1. The molecule has 1 aromatic carbocycles. The van der Waals surface area contributed by atoms with E-state index in [4.69, 9.17) is 0 Å². The molecule has 0 fully saturated rings. The van der Waals surface area contributed by atoms with Crippen molar-refractivity contribution in [3.63, 3.8) is 0 Å². The van der Waals surface area contributed by atoms with Gasteiger partial charge in [0.05, 0.1) is 16.6 Å². The normalized spacial score (nSPS) is 11.3. The Morgan fingerprint density at radius 3 is 2.55 bits per heavy atom. The predicted molar refractivity (Wildman–Crippen MR) is 79.3 cm³/mol. The predicted octanol–water partition coefficient (Wildman–Crippen LogP) is 4.77. The fraction of sp³-hybridized carbons (Fsp3) is 0.438. The van der Waals surface area contributed by atoms with Crippen molar-refractivity contribution in [1.82, 2.24) is 4.98 Å². The number of hydrogen-bond donors (Lipinski definition) is 1. The molecule has 2 nitrogen and oxygen atoms in total. The monoisotopic (exact) mass is 278 g/mol. The summed E-state index contributed by atoms with van der Waals surface area (Å²) in [5, 5.41) is 3.67. The van der Waals surface area contributed by atoms with Crippen molar-refractivity contribution in [2.45, 2.75) is 40.0 Å². The zero-order valence-corrected chi connectivity index (χ0v) is 12.3. The Balaban J connectivity index is 2.81. The molecule has 0 radical (unpaired) electrons. The molecule has 2 aromatic rings. The van der Waals surface area contributed by atoms with Crippen LogP contribution >= 0.6 is 0 Å². The quantitative estimate of drug-likeness (QED) is 0.871. The Bertz CT molecular complexity index is 636. The molecule has 0 spiro atoms. The van der Waals surface area contributed by atoms with E-state index in [1.165, 1.54) is 6.07 Å². The van der Waals surface area contributed by atoms with Gasteiger partial charge in [-0.25, -0.2) is 8.78 Å². The summed E-state index contributed by atoms with van der Waals surface area (Å²) in [7, 11) is 0. The highest BCUT2D eigenvalue weighted by atomic mass is 19.1. The van der Waals surface area contributed by atoms with Crippen molar-refractivity contribution < 1.29 is 8.78 Å². The second-order valence-corrected chi connectivity index (χ2v) is 5.35. The average Bonchev–Trinajstić information content (AvgIpc) is 2.33. The second-order valence-electron chi connectivity index (χ2n) is 5.35. The maximum absolute atomic E-state index is 14.2. The number of nitrogens with one attached hydrogen (secondary N) is 1. The van der Waals surface area contributed by atoms with Crippen molar-refractivity contribution in [3.05, 3.63) is 35.0 Å². The summed E-state index contributed by atoms with van der Waals surface area (Å²) in [6, 6.07) is 2.20. The summed E-state index contributed by atoms with van der Waals surface area (Å²) in [5.41, 5.74) is 2.93. The van der Waals surface area contributed by atoms with Crippen molar-refractivity contribution in [3.8, 4) is 0 Å². The standard InChI is InChI=1S/C16H20F2N2/c1-5-6-19-16-14(9(2)3)10(4)20-13-8-11(17)7-12(18)15(13)16/h7-9H,5-6H2,1-4H3,(H,19,20). The number of benzene rings is 1. The Morgan fingerprint density at radius 1 is 1.25 bits per heavy atom. The first kappa shape index (κ1) is 14.7. The molecule has 0 unspecified atom stereocenters. The third-order valence-corrected chi connectivity index (χ3v) is 3.36. The molecule has 1 N–H and O–H groups in total. The highest BCUT2D eigenvalue weighted by Crippen LogP contribution is 2.35. The zero-order valence-electron chi connectivity index (χ0n) is 12.3. The van der Waals surface area contributed by atoms with Crippen LogP contribution in [0.3, 0.4) is 0 Å². The van der Waals surface area contributed by atoms with Crippen LogP contribution in [0.4, 0.5) is 14.5 Å². The van der Waals surface area contributed by atoms with E-state index < -0.39 is 11.6 Å². The smallest absolute Gasteiger partial charge is 0.137 e. The highest BCUT2D eigenvalue weighted by molar-refractivity contribution is 5.94. The molecular weight excluding hydrogens is 258 g/mol. The first-order chi connectivity index (χ1) is 9.45. The van der Waals surface area contributed by atoms with E-state index in [1.807, 2.05) is 13.8 Å². The third-order valence-electron chi connectivity index (χ3n) is 3.36. The van der Waals surface area contributed by atoms with Crippen molar-refractivity contribution in [2.24, 2.45) is 0 Å². The highest BCUT2D eigenvalue weighted by Gasteiger charge is 2.18. The van der Waals surface area contributed by atoms with Gasteiger partial charge in [-0.1, -0.05) is 20.8 Å².